The van der Waals surface area contributed by atoms with Gasteiger partial charge in [0, 0.05) is 38.2 Å². The Morgan fingerprint density at radius 1 is 0.976 bits per heavy atom. The molecule has 0 aliphatic carbocycles. The SMILES string of the molecule is C[C@@H]1Cc2cc(/C(O)=C3\C(=O)C(=O)N(CCCN4CCOCC4)[C@@H]3c3cccc(OCc4ccccc4)c3)ccc2O1. The number of aliphatic hydroxyl groups excluding tert-OH is 1. The van der Waals surface area contributed by atoms with Gasteiger partial charge in [0.25, 0.3) is 11.7 Å². The minimum atomic E-state index is -0.738. The van der Waals surface area contributed by atoms with Crippen molar-refractivity contribution in [3.8, 4) is 11.5 Å². The van der Waals surface area contributed by atoms with E-state index in [2.05, 4.69) is 4.90 Å². The van der Waals surface area contributed by atoms with Gasteiger partial charge in [0.1, 0.15) is 30.0 Å². The van der Waals surface area contributed by atoms with E-state index in [-0.39, 0.29) is 17.4 Å². The lowest BCUT2D eigenvalue weighted by Gasteiger charge is -2.29. The smallest absolute Gasteiger partial charge is 0.295 e. The number of nitrogens with zero attached hydrogens (tertiary/aromatic N) is 2. The van der Waals surface area contributed by atoms with Gasteiger partial charge in [-0.15, -0.1) is 0 Å². The first-order valence-electron chi connectivity index (χ1n) is 14.6. The summed E-state index contributed by atoms with van der Waals surface area (Å²) in [6.45, 7) is 6.66. The normalized spacial score (nSPS) is 21.8. The summed E-state index contributed by atoms with van der Waals surface area (Å²) in [5, 5.41) is 11.6. The molecular weight excluding hydrogens is 532 g/mol. The van der Waals surface area contributed by atoms with Crippen molar-refractivity contribution in [1.82, 2.24) is 9.80 Å². The summed E-state index contributed by atoms with van der Waals surface area (Å²) in [5.74, 6) is -0.0461. The monoisotopic (exact) mass is 568 g/mol. The van der Waals surface area contributed by atoms with E-state index in [1.54, 1.807) is 11.0 Å². The van der Waals surface area contributed by atoms with E-state index in [0.717, 1.165) is 42.9 Å². The predicted molar refractivity (Wildman–Crippen MR) is 158 cm³/mol. The highest BCUT2D eigenvalue weighted by Gasteiger charge is 2.46. The highest BCUT2D eigenvalue weighted by Crippen LogP contribution is 2.41. The first kappa shape index (κ1) is 28.0. The highest BCUT2D eigenvalue weighted by atomic mass is 16.5. The van der Waals surface area contributed by atoms with Gasteiger partial charge in [0.05, 0.1) is 24.8 Å². The van der Waals surface area contributed by atoms with Gasteiger partial charge < -0.3 is 24.2 Å². The number of carbonyl (C=O) groups excluding carboxylic acids is 2. The van der Waals surface area contributed by atoms with Crippen molar-refractivity contribution < 1.29 is 28.9 Å². The van der Waals surface area contributed by atoms with Crippen LogP contribution >= 0.6 is 0 Å². The van der Waals surface area contributed by atoms with Crippen LogP contribution in [0.25, 0.3) is 5.76 Å². The Balaban J connectivity index is 1.32. The van der Waals surface area contributed by atoms with Crippen LogP contribution in [0.3, 0.4) is 0 Å². The van der Waals surface area contributed by atoms with E-state index in [4.69, 9.17) is 14.2 Å². The molecule has 6 rings (SSSR count). The molecule has 42 heavy (non-hydrogen) atoms. The fraction of sp³-hybridized carbons (Fsp3) is 0.353. The molecule has 0 bridgehead atoms. The average molecular weight is 569 g/mol. The fourth-order valence-corrected chi connectivity index (χ4v) is 5.99. The summed E-state index contributed by atoms with van der Waals surface area (Å²) < 4.78 is 17.4. The average Bonchev–Trinajstić information content (AvgIpc) is 3.52. The molecule has 3 aliphatic heterocycles. The quantitative estimate of drug-likeness (QED) is 0.227. The van der Waals surface area contributed by atoms with Gasteiger partial charge in [-0.2, -0.15) is 0 Å². The molecule has 2 fully saturated rings. The Bertz CT molecular complexity index is 1480. The third-order valence-electron chi connectivity index (χ3n) is 8.11. The van der Waals surface area contributed by atoms with E-state index in [9.17, 15) is 14.7 Å². The summed E-state index contributed by atoms with van der Waals surface area (Å²) in [5.41, 5.74) is 3.31. The molecule has 218 valence electrons. The number of likely N-dealkylation sites (tertiary alicyclic amines) is 1. The summed E-state index contributed by atoms with van der Waals surface area (Å²) >= 11 is 0. The van der Waals surface area contributed by atoms with Gasteiger partial charge in [-0.05, 0) is 60.4 Å². The van der Waals surface area contributed by atoms with Crippen molar-refractivity contribution in [2.45, 2.75) is 38.5 Å². The molecule has 8 heteroatoms. The maximum Gasteiger partial charge on any atom is 0.295 e. The largest absolute Gasteiger partial charge is 0.507 e. The summed E-state index contributed by atoms with van der Waals surface area (Å²) in [7, 11) is 0. The number of hydrogen-bond donors (Lipinski definition) is 1. The predicted octanol–water partition coefficient (Wildman–Crippen LogP) is 4.73. The molecule has 0 unspecified atom stereocenters. The number of morpholine rings is 1. The zero-order valence-corrected chi connectivity index (χ0v) is 23.8. The molecule has 0 radical (unpaired) electrons. The lowest BCUT2D eigenvalue weighted by molar-refractivity contribution is -0.140. The summed E-state index contributed by atoms with van der Waals surface area (Å²) in [6.07, 6.45) is 1.46. The van der Waals surface area contributed by atoms with Gasteiger partial charge in [0.15, 0.2) is 0 Å². The minimum Gasteiger partial charge on any atom is -0.507 e. The number of hydrogen-bond acceptors (Lipinski definition) is 7. The second kappa shape index (κ2) is 12.4. The Morgan fingerprint density at radius 3 is 2.60 bits per heavy atom. The minimum absolute atomic E-state index is 0.0491. The number of rotatable bonds is 9. The molecule has 3 heterocycles. The molecule has 1 N–H and O–H groups in total. The van der Waals surface area contributed by atoms with Crippen LogP contribution in [0, 0.1) is 0 Å². The van der Waals surface area contributed by atoms with Crippen LogP contribution in [0.1, 0.15) is 41.6 Å². The second-order valence-corrected chi connectivity index (χ2v) is 11.1. The molecule has 8 nitrogen and oxygen atoms in total. The lowest BCUT2D eigenvalue weighted by atomic mass is 9.94. The number of fused-ring (bicyclic) bond motifs is 1. The molecule has 2 saturated heterocycles. The molecule has 3 aliphatic rings. The molecule has 0 aromatic heterocycles. The number of benzene rings is 3. The van der Waals surface area contributed by atoms with Crippen LogP contribution in [0.15, 0.2) is 78.4 Å². The highest BCUT2D eigenvalue weighted by molar-refractivity contribution is 6.46. The van der Waals surface area contributed by atoms with E-state index in [0.29, 0.717) is 49.7 Å². The van der Waals surface area contributed by atoms with Crippen molar-refractivity contribution in [3.05, 3.63) is 101 Å². The molecule has 2 atom stereocenters. The van der Waals surface area contributed by atoms with E-state index in [1.165, 1.54) is 0 Å². The van der Waals surface area contributed by atoms with Crippen LogP contribution in [0.5, 0.6) is 11.5 Å². The zero-order valence-electron chi connectivity index (χ0n) is 23.8. The Morgan fingerprint density at radius 2 is 1.79 bits per heavy atom. The molecule has 0 saturated carbocycles. The number of carbonyl (C=O) groups is 2. The Kier molecular flexibility index (Phi) is 8.26. The van der Waals surface area contributed by atoms with E-state index in [1.807, 2.05) is 73.7 Å². The number of amides is 1. The molecule has 1 amide bonds. The van der Waals surface area contributed by atoms with Crippen molar-refractivity contribution in [1.29, 1.82) is 0 Å². The third-order valence-corrected chi connectivity index (χ3v) is 8.11. The molecule has 0 spiro atoms. The molecular formula is C34H36N2O6. The van der Waals surface area contributed by atoms with Gasteiger partial charge in [-0.25, -0.2) is 0 Å². The molecule has 3 aromatic rings. The van der Waals surface area contributed by atoms with Crippen molar-refractivity contribution in [2.24, 2.45) is 0 Å². The van der Waals surface area contributed by atoms with Crippen LogP contribution in [0.2, 0.25) is 0 Å². The number of aliphatic hydroxyl groups is 1. The second-order valence-electron chi connectivity index (χ2n) is 11.1. The summed E-state index contributed by atoms with van der Waals surface area (Å²) in [6, 6.07) is 22.0. The number of ether oxygens (including phenoxy) is 3. The number of Topliss-reactive ketones (excluding diaryl/α,β-unsaturated/α-hetero) is 1. The summed E-state index contributed by atoms with van der Waals surface area (Å²) in [4.78, 5) is 31.0. The van der Waals surface area contributed by atoms with Crippen LogP contribution in [0.4, 0.5) is 0 Å². The third kappa shape index (κ3) is 5.91. The van der Waals surface area contributed by atoms with Gasteiger partial charge in [-0.1, -0.05) is 42.5 Å². The van der Waals surface area contributed by atoms with E-state index >= 15 is 0 Å². The maximum absolute atomic E-state index is 13.6. The van der Waals surface area contributed by atoms with Gasteiger partial charge >= 0.3 is 0 Å². The lowest BCUT2D eigenvalue weighted by Crippen LogP contribution is -2.38. The maximum atomic E-state index is 13.6. The molecule has 3 aromatic carbocycles. The standard InChI is InChI=1S/C34H36N2O6/c1-23-19-27-20-26(11-12-29(27)42-23)32(37)30-31(25-9-5-10-28(21-25)41-22-24-7-3-2-4-8-24)36(34(39)33(30)38)14-6-13-35-15-17-40-18-16-35/h2-5,7-12,20-21,23,31,37H,6,13-19,22H2,1H3/b32-30+/t23-,31-/m1/s1. The fourth-order valence-electron chi connectivity index (χ4n) is 5.99. The van der Waals surface area contributed by atoms with Crippen LogP contribution in [-0.2, 0) is 27.4 Å². The first-order valence-corrected chi connectivity index (χ1v) is 14.6. The van der Waals surface area contributed by atoms with E-state index < -0.39 is 17.7 Å². The Labute approximate surface area is 246 Å². The van der Waals surface area contributed by atoms with Gasteiger partial charge in [-0.3, -0.25) is 14.5 Å². The van der Waals surface area contributed by atoms with Crippen molar-refractivity contribution in [2.75, 3.05) is 39.4 Å². The first-order chi connectivity index (χ1) is 20.5. The van der Waals surface area contributed by atoms with Crippen molar-refractivity contribution in [3.63, 3.8) is 0 Å². The Hall–Kier alpha value is -4.14. The van der Waals surface area contributed by atoms with Crippen LogP contribution in [-0.4, -0.2) is 72.1 Å². The zero-order chi connectivity index (χ0) is 29.1. The van der Waals surface area contributed by atoms with Gasteiger partial charge in [0.2, 0.25) is 0 Å². The van der Waals surface area contributed by atoms with Crippen LogP contribution < -0.4 is 9.47 Å². The topological polar surface area (TPSA) is 88.5 Å². The van der Waals surface area contributed by atoms with Crippen molar-refractivity contribution >= 4 is 17.4 Å². The number of ketones is 1.